The molecule has 0 fully saturated rings. The molecule has 1 aromatic rings. The normalized spacial score (nSPS) is 9.92. The van der Waals surface area contributed by atoms with Gasteiger partial charge in [-0.2, -0.15) is 0 Å². The fraction of sp³-hybridized carbons (Fsp3) is 0.286. The summed E-state index contributed by atoms with van der Waals surface area (Å²) < 4.78 is 22.7. The van der Waals surface area contributed by atoms with E-state index in [1.807, 2.05) is 0 Å². The average molecular weight is 236 g/mol. The Labute approximate surface area is 77.6 Å². The Balaban J connectivity index is 2.75. The van der Waals surface area contributed by atoms with Crippen LogP contribution in [0.2, 0.25) is 0 Å². The third-order valence-electron chi connectivity index (χ3n) is 1.11. The molecule has 0 atom stereocenters. The largest absolute Gasteiger partial charge is 0.465 e. The molecule has 0 radical (unpaired) electrons. The van der Waals surface area contributed by atoms with Gasteiger partial charge < -0.3 is 9.47 Å². The van der Waals surface area contributed by atoms with Gasteiger partial charge in [0.25, 0.3) is 0 Å². The zero-order chi connectivity index (χ0) is 8.97. The second-order valence-electron chi connectivity index (χ2n) is 1.99. The molecule has 1 rings (SSSR count). The van der Waals surface area contributed by atoms with Crippen LogP contribution in [0.1, 0.15) is 0 Å². The topological polar surface area (TPSA) is 31.4 Å². The lowest BCUT2D eigenvalue weighted by Gasteiger charge is -2.05. The molecule has 0 aliphatic carbocycles. The molecule has 1 aromatic heterocycles. The maximum atomic E-state index is 12.6. The number of methoxy groups -OCH3 is 1. The average Bonchev–Trinajstić information content (AvgIpc) is 2.07. The summed E-state index contributed by atoms with van der Waals surface area (Å²) in [6, 6.07) is 1.23. The van der Waals surface area contributed by atoms with E-state index >= 15 is 0 Å². The van der Waals surface area contributed by atoms with Crippen LogP contribution in [0.3, 0.4) is 0 Å². The molecule has 0 saturated heterocycles. The molecule has 0 amide bonds. The molecule has 0 aliphatic heterocycles. The zero-order valence-corrected chi connectivity index (χ0v) is 7.97. The monoisotopic (exact) mass is 235 g/mol. The first kappa shape index (κ1) is 9.41. The van der Waals surface area contributed by atoms with E-state index in [0.717, 1.165) is 6.20 Å². The second kappa shape index (κ2) is 4.37. The van der Waals surface area contributed by atoms with Crippen molar-refractivity contribution in [2.24, 2.45) is 0 Å². The molecule has 66 valence electrons. The molecule has 0 N–H and O–H groups in total. The Bertz CT molecular complexity index is 270. The van der Waals surface area contributed by atoms with Gasteiger partial charge in [-0.3, -0.25) is 0 Å². The van der Waals surface area contributed by atoms with Gasteiger partial charge in [0.05, 0.1) is 6.20 Å². The standard InChI is InChI=1S/C7H7BrFNO2/c1-11-4-12-6-2-5(9)3-10-7(6)8/h2-3H,4H2,1H3. The minimum Gasteiger partial charge on any atom is -0.465 e. The molecule has 0 aromatic carbocycles. The highest BCUT2D eigenvalue weighted by Crippen LogP contribution is 2.22. The smallest absolute Gasteiger partial charge is 0.188 e. The van der Waals surface area contributed by atoms with Crippen molar-refractivity contribution >= 4 is 15.9 Å². The van der Waals surface area contributed by atoms with Gasteiger partial charge in [0.1, 0.15) is 10.4 Å². The summed E-state index contributed by atoms with van der Waals surface area (Å²) in [5, 5.41) is 0. The molecule has 3 nitrogen and oxygen atoms in total. The van der Waals surface area contributed by atoms with Crippen molar-refractivity contribution in [3.63, 3.8) is 0 Å². The molecule has 0 unspecified atom stereocenters. The van der Waals surface area contributed by atoms with Crippen molar-refractivity contribution in [3.8, 4) is 5.75 Å². The van der Waals surface area contributed by atoms with Crippen molar-refractivity contribution in [2.75, 3.05) is 13.9 Å². The Morgan fingerprint density at radius 2 is 2.42 bits per heavy atom. The molecule has 5 heteroatoms. The van der Waals surface area contributed by atoms with Gasteiger partial charge in [-0.05, 0) is 15.9 Å². The number of rotatable bonds is 3. The molecular weight excluding hydrogens is 229 g/mol. The Morgan fingerprint density at radius 3 is 3.08 bits per heavy atom. The van der Waals surface area contributed by atoms with Gasteiger partial charge >= 0.3 is 0 Å². The summed E-state index contributed by atoms with van der Waals surface area (Å²) in [5.74, 6) is -0.110. The Hall–Kier alpha value is -0.680. The summed E-state index contributed by atoms with van der Waals surface area (Å²) in [7, 11) is 1.49. The Morgan fingerprint density at radius 1 is 1.67 bits per heavy atom. The maximum Gasteiger partial charge on any atom is 0.188 e. The SMILES string of the molecule is COCOc1cc(F)cnc1Br. The Kier molecular flexibility index (Phi) is 3.43. The van der Waals surface area contributed by atoms with Crippen LogP contribution in [0.5, 0.6) is 5.75 Å². The van der Waals surface area contributed by atoms with E-state index in [-0.39, 0.29) is 6.79 Å². The lowest BCUT2D eigenvalue weighted by Crippen LogP contribution is -2.00. The van der Waals surface area contributed by atoms with Gasteiger partial charge in [0.2, 0.25) is 0 Å². The molecule has 1 heterocycles. The fourth-order valence-corrected chi connectivity index (χ4v) is 0.959. The summed E-state index contributed by atoms with van der Waals surface area (Å²) in [4.78, 5) is 3.69. The van der Waals surface area contributed by atoms with E-state index in [1.54, 1.807) is 0 Å². The number of halogens is 2. The van der Waals surface area contributed by atoms with Crippen molar-refractivity contribution in [3.05, 3.63) is 22.7 Å². The second-order valence-corrected chi connectivity index (χ2v) is 2.74. The fourth-order valence-electron chi connectivity index (χ4n) is 0.628. The van der Waals surface area contributed by atoms with E-state index < -0.39 is 5.82 Å². The van der Waals surface area contributed by atoms with Crippen LogP contribution >= 0.6 is 15.9 Å². The predicted molar refractivity (Wildman–Crippen MR) is 44.4 cm³/mol. The summed E-state index contributed by atoms with van der Waals surface area (Å²) in [6.07, 6.45) is 1.10. The molecule has 0 spiro atoms. The number of pyridine rings is 1. The quantitative estimate of drug-likeness (QED) is 0.593. The first-order valence-electron chi connectivity index (χ1n) is 3.17. The van der Waals surface area contributed by atoms with Crippen LogP contribution in [0.15, 0.2) is 16.9 Å². The lowest BCUT2D eigenvalue weighted by atomic mass is 10.4. The number of ether oxygens (including phenoxy) is 2. The zero-order valence-electron chi connectivity index (χ0n) is 6.38. The van der Waals surface area contributed by atoms with E-state index in [4.69, 9.17) is 4.74 Å². The highest BCUT2D eigenvalue weighted by atomic mass is 79.9. The minimum absolute atomic E-state index is 0.0731. The van der Waals surface area contributed by atoms with E-state index in [0.29, 0.717) is 10.4 Å². The predicted octanol–water partition coefficient (Wildman–Crippen LogP) is 1.97. The molecule has 0 aliphatic rings. The van der Waals surface area contributed by atoms with Crippen LogP contribution in [0, 0.1) is 5.82 Å². The highest BCUT2D eigenvalue weighted by molar-refractivity contribution is 9.10. The minimum atomic E-state index is -0.440. The molecule has 0 saturated carbocycles. The van der Waals surface area contributed by atoms with Crippen LogP contribution in [0.25, 0.3) is 0 Å². The first-order chi connectivity index (χ1) is 5.74. The number of hydrogen-bond donors (Lipinski definition) is 0. The van der Waals surface area contributed by atoms with Gasteiger partial charge in [-0.15, -0.1) is 0 Å². The van der Waals surface area contributed by atoms with Crippen molar-refractivity contribution in [2.45, 2.75) is 0 Å². The van der Waals surface area contributed by atoms with E-state index in [9.17, 15) is 4.39 Å². The van der Waals surface area contributed by atoms with Crippen LogP contribution in [0.4, 0.5) is 4.39 Å². The van der Waals surface area contributed by atoms with Crippen LogP contribution in [-0.4, -0.2) is 18.9 Å². The van der Waals surface area contributed by atoms with E-state index in [2.05, 4.69) is 25.7 Å². The first-order valence-corrected chi connectivity index (χ1v) is 3.96. The molecule has 12 heavy (non-hydrogen) atoms. The van der Waals surface area contributed by atoms with Gasteiger partial charge in [0, 0.05) is 13.2 Å². The number of nitrogens with zero attached hydrogens (tertiary/aromatic N) is 1. The van der Waals surface area contributed by atoms with Crippen LogP contribution < -0.4 is 4.74 Å². The van der Waals surface area contributed by atoms with E-state index in [1.165, 1.54) is 13.2 Å². The number of hydrogen-bond acceptors (Lipinski definition) is 3. The maximum absolute atomic E-state index is 12.6. The molecular formula is C7H7BrFNO2. The van der Waals surface area contributed by atoms with Crippen molar-refractivity contribution < 1.29 is 13.9 Å². The third kappa shape index (κ3) is 2.42. The number of aromatic nitrogens is 1. The molecule has 0 bridgehead atoms. The summed E-state index contributed by atoms with van der Waals surface area (Å²) in [6.45, 7) is 0.0731. The highest BCUT2D eigenvalue weighted by Gasteiger charge is 2.03. The third-order valence-corrected chi connectivity index (χ3v) is 1.70. The lowest BCUT2D eigenvalue weighted by molar-refractivity contribution is 0.0500. The van der Waals surface area contributed by atoms with Crippen molar-refractivity contribution in [1.29, 1.82) is 0 Å². The summed E-state index contributed by atoms with van der Waals surface area (Å²) in [5.41, 5.74) is 0. The van der Waals surface area contributed by atoms with Gasteiger partial charge in [-0.1, -0.05) is 0 Å². The van der Waals surface area contributed by atoms with Crippen molar-refractivity contribution in [1.82, 2.24) is 4.98 Å². The van der Waals surface area contributed by atoms with Gasteiger partial charge in [-0.25, -0.2) is 9.37 Å². The van der Waals surface area contributed by atoms with Crippen LogP contribution in [-0.2, 0) is 4.74 Å². The summed E-state index contributed by atoms with van der Waals surface area (Å²) >= 11 is 3.10. The van der Waals surface area contributed by atoms with Gasteiger partial charge in [0.15, 0.2) is 12.5 Å².